The third kappa shape index (κ3) is 9.41. The molecule has 0 amide bonds. The number of ketones is 2. The second-order valence-corrected chi connectivity index (χ2v) is 6.25. The molecule has 0 saturated carbocycles. The summed E-state index contributed by atoms with van der Waals surface area (Å²) in [5.41, 5.74) is 0. The van der Waals surface area contributed by atoms with E-state index in [4.69, 9.17) is 0 Å². The molecule has 0 heterocycles. The summed E-state index contributed by atoms with van der Waals surface area (Å²) in [6, 6.07) is 0. The molecule has 1 atom stereocenters. The lowest BCUT2D eigenvalue weighted by atomic mass is 10.0. The van der Waals surface area contributed by atoms with Crippen molar-refractivity contribution in [1.29, 1.82) is 0 Å². The molecular formula is C18H25F3O4. The summed E-state index contributed by atoms with van der Waals surface area (Å²) in [5.74, 6) is -2.85. The van der Waals surface area contributed by atoms with Gasteiger partial charge in [-0.25, -0.2) is 4.79 Å². The molecule has 1 aliphatic carbocycles. The molecule has 0 aromatic carbocycles. The van der Waals surface area contributed by atoms with Crippen LogP contribution in [0.5, 0.6) is 0 Å². The standard InChI is InChI=1S/C18H25F3O4/c19-18(20,21)17(24)25-16-13-8-6-4-2-1-3-5-7-10-14(22)11-9-12-15(16)23/h4,6,16H,1-3,5,7-13H2. The van der Waals surface area contributed by atoms with Gasteiger partial charge < -0.3 is 4.74 Å². The van der Waals surface area contributed by atoms with Crippen LogP contribution in [0.2, 0.25) is 0 Å². The molecule has 0 aromatic rings. The largest absolute Gasteiger partial charge is 0.490 e. The molecule has 1 rings (SSSR count). The first-order valence-electron chi connectivity index (χ1n) is 8.78. The second-order valence-electron chi connectivity index (χ2n) is 6.25. The molecule has 142 valence electrons. The van der Waals surface area contributed by atoms with Gasteiger partial charge in [-0.1, -0.05) is 25.0 Å². The molecule has 0 aliphatic heterocycles. The maximum atomic E-state index is 12.4. The van der Waals surface area contributed by atoms with Crippen LogP contribution >= 0.6 is 0 Å². The zero-order valence-corrected chi connectivity index (χ0v) is 14.3. The fourth-order valence-electron chi connectivity index (χ4n) is 2.65. The molecule has 1 aliphatic rings. The van der Waals surface area contributed by atoms with Crippen molar-refractivity contribution >= 4 is 17.5 Å². The van der Waals surface area contributed by atoms with Gasteiger partial charge >= 0.3 is 12.1 Å². The fraction of sp³-hybridized carbons (Fsp3) is 0.722. The topological polar surface area (TPSA) is 60.4 Å². The molecule has 0 saturated heterocycles. The van der Waals surface area contributed by atoms with Gasteiger partial charge in [-0.3, -0.25) is 9.59 Å². The van der Waals surface area contributed by atoms with E-state index in [9.17, 15) is 27.6 Å². The van der Waals surface area contributed by atoms with Gasteiger partial charge in [0.2, 0.25) is 0 Å². The summed E-state index contributed by atoms with van der Waals surface area (Å²) < 4.78 is 41.5. The van der Waals surface area contributed by atoms with Crippen molar-refractivity contribution in [2.75, 3.05) is 0 Å². The summed E-state index contributed by atoms with van der Waals surface area (Å²) in [5, 5.41) is 0. The lowest BCUT2D eigenvalue weighted by Gasteiger charge is -2.17. The number of Topliss-reactive ketones (excluding diaryl/α,β-unsaturated/α-hetero) is 2. The monoisotopic (exact) mass is 362 g/mol. The molecule has 0 spiro atoms. The quantitative estimate of drug-likeness (QED) is 0.510. The predicted octanol–water partition coefficient (Wildman–Crippen LogP) is 4.46. The number of halogens is 3. The number of hydrogen-bond donors (Lipinski definition) is 0. The second kappa shape index (κ2) is 11.1. The van der Waals surface area contributed by atoms with Crippen molar-refractivity contribution in [2.45, 2.75) is 82.9 Å². The van der Waals surface area contributed by atoms with Crippen LogP contribution in [-0.2, 0) is 19.1 Å². The van der Waals surface area contributed by atoms with Crippen molar-refractivity contribution in [3.8, 4) is 0 Å². The van der Waals surface area contributed by atoms with Gasteiger partial charge in [0.05, 0.1) is 0 Å². The van der Waals surface area contributed by atoms with Gasteiger partial charge in [-0.15, -0.1) is 0 Å². The SMILES string of the molecule is O=C1CCCCCCC=CCCC(OC(=O)C(F)(F)F)C(=O)CCC1. The highest BCUT2D eigenvalue weighted by Crippen LogP contribution is 2.20. The summed E-state index contributed by atoms with van der Waals surface area (Å²) in [4.78, 5) is 34.8. The van der Waals surface area contributed by atoms with E-state index in [0.717, 1.165) is 32.1 Å². The van der Waals surface area contributed by atoms with Crippen LogP contribution in [-0.4, -0.2) is 29.8 Å². The Hall–Kier alpha value is -1.66. The molecular weight excluding hydrogens is 337 g/mol. The summed E-state index contributed by atoms with van der Waals surface area (Å²) in [6.07, 6.45) is 3.14. The fourth-order valence-corrected chi connectivity index (χ4v) is 2.65. The molecule has 0 bridgehead atoms. The van der Waals surface area contributed by atoms with Gasteiger partial charge in [0, 0.05) is 19.3 Å². The highest BCUT2D eigenvalue weighted by molar-refractivity contribution is 5.87. The third-order valence-corrected chi connectivity index (χ3v) is 4.06. The molecule has 25 heavy (non-hydrogen) atoms. The van der Waals surface area contributed by atoms with Crippen LogP contribution in [0.4, 0.5) is 13.2 Å². The maximum absolute atomic E-state index is 12.4. The van der Waals surface area contributed by atoms with E-state index in [0.29, 0.717) is 12.8 Å². The van der Waals surface area contributed by atoms with Gasteiger partial charge in [0.15, 0.2) is 11.9 Å². The average Bonchev–Trinajstić information content (AvgIpc) is 2.53. The van der Waals surface area contributed by atoms with Gasteiger partial charge in [-0.05, 0) is 38.5 Å². The summed E-state index contributed by atoms with van der Waals surface area (Å²) in [7, 11) is 0. The van der Waals surface area contributed by atoms with Crippen LogP contribution in [0.25, 0.3) is 0 Å². The number of alkyl halides is 3. The van der Waals surface area contributed by atoms with Crippen molar-refractivity contribution < 1.29 is 32.3 Å². The van der Waals surface area contributed by atoms with Crippen molar-refractivity contribution in [2.24, 2.45) is 0 Å². The molecule has 7 heteroatoms. The summed E-state index contributed by atoms with van der Waals surface area (Å²) >= 11 is 0. The first-order chi connectivity index (χ1) is 11.8. The molecule has 0 radical (unpaired) electrons. The number of carbonyl (C=O) groups is 3. The number of allylic oxidation sites excluding steroid dienone is 2. The minimum atomic E-state index is -5.12. The zero-order chi connectivity index (χ0) is 18.7. The highest BCUT2D eigenvalue weighted by atomic mass is 19.4. The smallest absolute Gasteiger partial charge is 0.448 e. The lowest BCUT2D eigenvalue weighted by Crippen LogP contribution is -2.34. The number of rotatable bonds is 1. The Morgan fingerprint density at radius 2 is 1.56 bits per heavy atom. The number of hydrogen-bond acceptors (Lipinski definition) is 4. The molecule has 0 fully saturated rings. The van der Waals surface area contributed by atoms with E-state index in [1.807, 2.05) is 6.08 Å². The van der Waals surface area contributed by atoms with E-state index in [-0.39, 0.29) is 31.5 Å². The minimum Gasteiger partial charge on any atom is -0.448 e. The van der Waals surface area contributed by atoms with Crippen LogP contribution in [0, 0.1) is 0 Å². The molecule has 4 nitrogen and oxygen atoms in total. The van der Waals surface area contributed by atoms with E-state index in [1.165, 1.54) is 0 Å². The Morgan fingerprint density at radius 3 is 2.28 bits per heavy atom. The zero-order valence-electron chi connectivity index (χ0n) is 14.3. The van der Waals surface area contributed by atoms with Crippen LogP contribution < -0.4 is 0 Å². The number of ether oxygens (including phenoxy) is 1. The Balaban J connectivity index is 2.68. The summed E-state index contributed by atoms with van der Waals surface area (Å²) in [6.45, 7) is 0. The van der Waals surface area contributed by atoms with Crippen molar-refractivity contribution in [3.63, 3.8) is 0 Å². The third-order valence-electron chi connectivity index (χ3n) is 4.06. The maximum Gasteiger partial charge on any atom is 0.490 e. The minimum absolute atomic E-state index is 0.0189. The van der Waals surface area contributed by atoms with Crippen LogP contribution in [0.3, 0.4) is 0 Å². The Labute approximate surface area is 145 Å². The Morgan fingerprint density at radius 1 is 0.920 bits per heavy atom. The van der Waals surface area contributed by atoms with Crippen molar-refractivity contribution in [1.82, 2.24) is 0 Å². The lowest BCUT2D eigenvalue weighted by molar-refractivity contribution is -0.205. The molecule has 0 N–H and O–H groups in total. The van der Waals surface area contributed by atoms with E-state index in [1.54, 1.807) is 6.08 Å². The molecule has 0 aromatic heterocycles. The van der Waals surface area contributed by atoms with Gasteiger partial charge in [0.25, 0.3) is 0 Å². The van der Waals surface area contributed by atoms with E-state index in [2.05, 4.69) is 4.74 Å². The van der Waals surface area contributed by atoms with E-state index < -0.39 is 24.0 Å². The Kier molecular flexibility index (Phi) is 9.45. The normalized spacial score (nSPS) is 22.6. The molecule has 1 unspecified atom stereocenters. The first kappa shape index (κ1) is 21.4. The number of carbonyl (C=O) groups excluding carboxylic acids is 3. The van der Waals surface area contributed by atoms with E-state index >= 15 is 0 Å². The first-order valence-corrected chi connectivity index (χ1v) is 8.78. The van der Waals surface area contributed by atoms with Crippen LogP contribution in [0.15, 0.2) is 12.2 Å². The van der Waals surface area contributed by atoms with Crippen LogP contribution in [0.1, 0.15) is 70.6 Å². The predicted molar refractivity (Wildman–Crippen MR) is 85.9 cm³/mol. The number of esters is 1. The highest BCUT2D eigenvalue weighted by Gasteiger charge is 2.43. The average molecular weight is 362 g/mol. The van der Waals surface area contributed by atoms with Gasteiger partial charge in [-0.2, -0.15) is 13.2 Å². The Bertz CT molecular complexity index is 483. The van der Waals surface area contributed by atoms with Gasteiger partial charge in [0.1, 0.15) is 5.78 Å². The van der Waals surface area contributed by atoms with Crippen molar-refractivity contribution in [3.05, 3.63) is 12.2 Å².